The summed E-state index contributed by atoms with van der Waals surface area (Å²) >= 11 is 3.08. The van der Waals surface area contributed by atoms with Crippen LogP contribution in [0.25, 0.3) is 0 Å². The van der Waals surface area contributed by atoms with E-state index in [4.69, 9.17) is 5.26 Å². The minimum Gasteiger partial charge on any atom is -0.275 e. The molecule has 2 aromatic rings. The number of benzene rings is 2. The van der Waals surface area contributed by atoms with Crippen molar-refractivity contribution in [3.8, 4) is 6.07 Å². The fourth-order valence-electron chi connectivity index (χ4n) is 1.52. The van der Waals surface area contributed by atoms with Crippen LogP contribution in [0.5, 0.6) is 0 Å². The van der Waals surface area contributed by atoms with E-state index in [9.17, 15) is 12.8 Å². The topological polar surface area (TPSA) is 70.0 Å². The molecule has 20 heavy (non-hydrogen) atoms. The number of nitriles is 1. The number of nitrogens with zero attached hydrogens (tertiary/aromatic N) is 1. The molecule has 2 rings (SSSR count). The lowest BCUT2D eigenvalue weighted by Crippen LogP contribution is -2.14. The molecule has 102 valence electrons. The summed E-state index contributed by atoms with van der Waals surface area (Å²) in [5.41, 5.74) is 0.0373. The maximum atomic E-state index is 13.6. The number of hydrogen-bond donors (Lipinski definition) is 1. The summed E-state index contributed by atoms with van der Waals surface area (Å²) < 4.78 is 40.4. The number of rotatable bonds is 3. The van der Waals surface area contributed by atoms with E-state index in [0.29, 0.717) is 0 Å². The van der Waals surface area contributed by atoms with Crippen molar-refractivity contribution in [3.05, 3.63) is 58.3 Å². The molecule has 0 aliphatic heterocycles. The van der Waals surface area contributed by atoms with Crippen molar-refractivity contribution in [2.75, 3.05) is 4.72 Å². The van der Waals surface area contributed by atoms with Crippen molar-refractivity contribution in [2.24, 2.45) is 0 Å². The van der Waals surface area contributed by atoms with Crippen LogP contribution in [0.1, 0.15) is 5.56 Å². The molecule has 0 saturated carbocycles. The predicted octanol–water partition coefficient (Wildman–Crippen LogP) is 3.26. The molecule has 0 aliphatic rings. The van der Waals surface area contributed by atoms with Crippen LogP contribution in [0.15, 0.2) is 51.8 Å². The lowest BCUT2D eigenvalue weighted by molar-refractivity contribution is 0.598. The van der Waals surface area contributed by atoms with Gasteiger partial charge < -0.3 is 0 Å². The third kappa shape index (κ3) is 2.98. The summed E-state index contributed by atoms with van der Waals surface area (Å²) in [5.74, 6) is -0.695. The first-order chi connectivity index (χ1) is 9.44. The third-order valence-electron chi connectivity index (χ3n) is 2.47. The van der Waals surface area contributed by atoms with E-state index in [-0.39, 0.29) is 20.6 Å². The first-order valence-corrected chi connectivity index (χ1v) is 7.68. The molecule has 0 saturated heterocycles. The number of anilines is 1. The number of hydrogen-bond acceptors (Lipinski definition) is 3. The lowest BCUT2D eigenvalue weighted by Gasteiger charge is -2.10. The molecule has 0 aromatic heterocycles. The third-order valence-corrected chi connectivity index (χ3v) is 4.48. The van der Waals surface area contributed by atoms with Gasteiger partial charge in [-0.05, 0) is 46.3 Å². The Morgan fingerprint density at radius 3 is 2.55 bits per heavy atom. The largest absolute Gasteiger partial charge is 0.275 e. The molecule has 2 aromatic carbocycles. The minimum absolute atomic E-state index is 0.105. The number of nitrogens with one attached hydrogen (secondary N) is 1. The van der Waals surface area contributed by atoms with Gasteiger partial charge in [-0.2, -0.15) is 5.26 Å². The molecule has 0 radical (unpaired) electrons. The molecule has 0 amide bonds. The average Bonchev–Trinajstić information content (AvgIpc) is 2.43. The van der Waals surface area contributed by atoms with E-state index in [0.717, 1.165) is 6.07 Å². The van der Waals surface area contributed by atoms with E-state index < -0.39 is 15.8 Å². The second-order valence-electron chi connectivity index (χ2n) is 3.84. The maximum Gasteiger partial charge on any atom is 0.262 e. The molecule has 7 heteroatoms. The van der Waals surface area contributed by atoms with Gasteiger partial charge in [0.25, 0.3) is 10.0 Å². The van der Waals surface area contributed by atoms with Crippen molar-refractivity contribution in [1.82, 2.24) is 0 Å². The second-order valence-corrected chi connectivity index (χ2v) is 6.38. The number of para-hydroxylation sites is 1. The fourth-order valence-corrected chi connectivity index (χ4v) is 3.23. The first kappa shape index (κ1) is 14.5. The highest BCUT2D eigenvalue weighted by molar-refractivity contribution is 9.10. The molecule has 0 atom stereocenters. The first-order valence-electron chi connectivity index (χ1n) is 5.41. The van der Waals surface area contributed by atoms with Crippen molar-refractivity contribution in [3.63, 3.8) is 0 Å². The lowest BCUT2D eigenvalue weighted by atomic mass is 10.2. The Morgan fingerprint density at radius 1 is 1.20 bits per heavy atom. The highest BCUT2D eigenvalue weighted by Crippen LogP contribution is 2.27. The quantitative estimate of drug-likeness (QED) is 0.919. The normalized spacial score (nSPS) is 10.8. The van der Waals surface area contributed by atoms with Gasteiger partial charge >= 0.3 is 0 Å². The van der Waals surface area contributed by atoms with Gasteiger partial charge in [0.1, 0.15) is 5.82 Å². The van der Waals surface area contributed by atoms with Gasteiger partial charge in [-0.1, -0.05) is 12.1 Å². The zero-order chi connectivity index (χ0) is 14.8. The second kappa shape index (κ2) is 5.61. The van der Waals surface area contributed by atoms with Crippen LogP contribution < -0.4 is 4.72 Å². The Bertz CT molecular complexity index is 780. The van der Waals surface area contributed by atoms with E-state index in [1.165, 1.54) is 36.4 Å². The van der Waals surface area contributed by atoms with Crippen molar-refractivity contribution >= 4 is 31.6 Å². The van der Waals surface area contributed by atoms with Crippen LogP contribution in [0, 0.1) is 17.1 Å². The summed E-state index contributed by atoms with van der Waals surface area (Å²) in [5, 5.41) is 8.77. The van der Waals surface area contributed by atoms with Gasteiger partial charge in [-0.15, -0.1) is 0 Å². The minimum atomic E-state index is -3.96. The Kier molecular flexibility index (Phi) is 4.06. The molecule has 0 heterocycles. The van der Waals surface area contributed by atoms with Crippen LogP contribution in [0.3, 0.4) is 0 Å². The molecular weight excluding hydrogens is 347 g/mol. The van der Waals surface area contributed by atoms with Gasteiger partial charge in [0.05, 0.1) is 22.2 Å². The van der Waals surface area contributed by atoms with Gasteiger partial charge in [-0.3, -0.25) is 4.72 Å². The van der Waals surface area contributed by atoms with Crippen LogP contribution in [0.2, 0.25) is 0 Å². The fraction of sp³-hybridized carbons (Fsp3) is 0. The van der Waals surface area contributed by atoms with E-state index >= 15 is 0 Å². The van der Waals surface area contributed by atoms with Crippen LogP contribution >= 0.6 is 15.9 Å². The molecule has 0 fully saturated rings. The van der Waals surface area contributed by atoms with E-state index in [1.54, 1.807) is 0 Å². The Morgan fingerprint density at radius 2 is 1.90 bits per heavy atom. The standard InChI is InChI=1S/C13H8BrFN2O2S/c14-11-5-2-6-12(15)13(11)17-20(18,19)10-4-1-3-9(7-10)8-16/h1-7,17H. The molecule has 0 unspecified atom stereocenters. The highest BCUT2D eigenvalue weighted by Gasteiger charge is 2.18. The maximum absolute atomic E-state index is 13.6. The monoisotopic (exact) mass is 354 g/mol. The number of sulfonamides is 1. The smallest absolute Gasteiger partial charge is 0.262 e. The molecule has 0 aliphatic carbocycles. The molecule has 4 nitrogen and oxygen atoms in total. The summed E-state index contributed by atoms with van der Waals surface area (Å²) in [4.78, 5) is -0.105. The zero-order valence-electron chi connectivity index (χ0n) is 9.97. The van der Waals surface area contributed by atoms with E-state index in [1.807, 2.05) is 6.07 Å². The Balaban J connectivity index is 2.44. The highest BCUT2D eigenvalue weighted by atomic mass is 79.9. The Labute approximate surface area is 124 Å². The summed E-state index contributed by atoms with van der Waals surface area (Å²) in [6.45, 7) is 0. The summed E-state index contributed by atoms with van der Waals surface area (Å²) in [6.07, 6.45) is 0. The van der Waals surface area contributed by atoms with Gasteiger partial charge in [0, 0.05) is 4.47 Å². The molecular formula is C13H8BrFN2O2S. The van der Waals surface area contributed by atoms with E-state index in [2.05, 4.69) is 20.7 Å². The average molecular weight is 355 g/mol. The summed E-state index contributed by atoms with van der Waals surface area (Å²) in [6, 6.07) is 11.5. The summed E-state index contributed by atoms with van der Waals surface area (Å²) in [7, 11) is -3.96. The van der Waals surface area contributed by atoms with Crippen molar-refractivity contribution in [1.29, 1.82) is 5.26 Å². The molecule has 0 bridgehead atoms. The van der Waals surface area contributed by atoms with Crippen LogP contribution in [-0.2, 0) is 10.0 Å². The number of halogens is 2. The van der Waals surface area contributed by atoms with Crippen molar-refractivity contribution < 1.29 is 12.8 Å². The van der Waals surface area contributed by atoms with Crippen molar-refractivity contribution in [2.45, 2.75) is 4.90 Å². The Hall–Kier alpha value is -1.91. The van der Waals surface area contributed by atoms with Crippen LogP contribution in [-0.4, -0.2) is 8.42 Å². The zero-order valence-corrected chi connectivity index (χ0v) is 12.4. The molecule has 0 spiro atoms. The molecule has 1 N–H and O–H groups in total. The van der Waals surface area contributed by atoms with Crippen LogP contribution in [0.4, 0.5) is 10.1 Å². The predicted molar refractivity (Wildman–Crippen MR) is 76.1 cm³/mol. The van der Waals surface area contributed by atoms with Gasteiger partial charge in [0.2, 0.25) is 0 Å². The van der Waals surface area contributed by atoms with Gasteiger partial charge in [-0.25, -0.2) is 12.8 Å². The van der Waals surface area contributed by atoms with Gasteiger partial charge in [0.15, 0.2) is 0 Å². The SMILES string of the molecule is N#Cc1cccc(S(=O)(=O)Nc2c(F)cccc2Br)c1.